The maximum atomic E-state index is 5.05. The van der Waals surface area contributed by atoms with E-state index in [1.807, 2.05) is 0 Å². The van der Waals surface area contributed by atoms with Gasteiger partial charge in [0.2, 0.25) is 4.77 Å². The lowest BCUT2D eigenvalue weighted by Gasteiger charge is -2.09. The van der Waals surface area contributed by atoms with E-state index in [1.54, 1.807) is 11.8 Å². The van der Waals surface area contributed by atoms with Crippen LogP contribution in [0.4, 0.5) is 0 Å². The standard InChI is InChI=1S/C14H17N3S3/c1-3-9(2)11-6-4-10(5-7-11)8-20-14-16-12(18)15-13(19)17-14/h4-7,9H,3,8H2,1-2H3,(H2,15,16,17,18,19). The van der Waals surface area contributed by atoms with Gasteiger partial charge in [-0.15, -0.1) is 0 Å². The summed E-state index contributed by atoms with van der Waals surface area (Å²) < 4.78 is 0.933. The van der Waals surface area contributed by atoms with Gasteiger partial charge in [-0.2, -0.15) is 4.98 Å². The number of H-pyrrole nitrogens is 2. The minimum atomic E-state index is 0.420. The third-order valence-electron chi connectivity index (χ3n) is 3.18. The SMILES string of the molecule is CCC(C)c1ccc(CSc2nc(=S)[nH]c(=S)[nH]2)cc1. The topological polar surface area (TPSA) is 44.5 Å². The maximum absolute atomic E-state index is 5.05. The van der Waals surface area contributed by atoms with Crippen molar-refractivity contribution in [2.24, 2.45) is 0 Å². The number of nitrogens with zero attached hydrogens (tertiary/aromatic N) is 1. The molecule has 1 aromatic carbocycles. The van der Waals surface area contributed by atoms with Crippen LogP contribution in [0.5, 0.6) is 0 Å². The van der Waals surface area contributed by atoms with Crippen molar-refractivity contribution in [3.05, 3.63) is 44.9 Å². The largest absolute Gasteiger partial charge is 0.311 e. The van der Waals surface area contributed by atoms with Crippen molar-refractivity contribution in [2.75, 3.05) is 0 Å². The van der Waals surface area contributed by atoms with Crippen LogP contribution in [0.3, 0.4) is 0 Å². The first-order valence-corrected chi connectivity index (χ1v) is 8.31. The Balaban J connectivity index is 2.03. The summed E-state index contributed by atoms with van der Waals surface area (Å²) >= 11 is 11.7. The molecule has 2 rings (SSSR count). The van der Waals surface area contributed by atoms with Crippen molar-refractivity contribution in [3.63, 3.8) is 0 Å². The molecule has 1 unspecified atom stereocenters. The number of rotatable bonds is 5. The van der Waals surface area contributed by atoms with Crippen LogP contribution in [0.2, 0.25) is 0 Å². The van der Waals surface area contributed by atoms with Crippen molar-refractivity contribution in [2.45, 2.75) is 37.1 Å². The van der Waals surface area contributed by atoms with Gasteiger partial charge in [0.05, 0.1) is 0 Å². The van der Waals surface area contributed by atoms with Gasteiger partial charge in [0, 0.05) is 5.75 Å². The Labute approximate surface area is 133 Å². The summed E-state index contributed by atoms with van der Waals surface area (Å²) in [6.07, 6.45) is 1.16. The molecule has 0 fully saturated rings. The van der Waals surface area contributed by atoms with E-state index in [0.29, 0.717) is 15.5 Å². The highest BCUT2D eigenvalue weighted by Crippen LogP contribution is 2.22. The molecule has 0 spiro atoms. The number of aromatic nitrogens is 3. The molecule has 0 aliphatic heterocycles. The Bertz CT molecular complexity index is 645. The zero-order valence-corrected chi connectivity index (χ0v) is 13.9. The number of hydrogen-bond acceptors (Lipinski definition) is 4. The van der Waals surface area contributed by atoms with E-state index < -0.39 is 0 Å². The van der Waals surface area contributed by atoms with E-state index in [4.69, 9.17) is 24.4 Å². The van der Waals surface area contributed by atoms with Crippen LogP contribution in [-0.2, 0) is 5.75 Å². The van der Waals surface area contributed by atoms with Gasteiger partial charge in [0.25, 0.3) is 0 Å². The quantitative estimate of drug-likeness (QED) is 0.600. The molecule has 6 heteroatoms. The van der Waals surface area contributed by atoms with Crippen LogP contribution in [0.15, 0.2) is 29.4 Å². The average Bonchev–Trinajstić information content (AvgIpc) is 2.44. The molecular weight excluding hydrogens is 306 g/mol. The third kappa shape index (κ3) is 4.26. The van der Waals surface area contributed by atoms with Crippen molar-refractivity contribution >= 4 is 36.2 Å². The van der Waals surface area contributed by atoms with Crippen molar-refractivity contribution in [1.82, 2.24) is 15.0 Å². The highest BCUT2D eigenvalue weighted by Gasteiger charge is 2.03. The molecule has 3 nitrogen and oxygen atoms in total. The van der Waals surface area contributed by atoms with Gasteiger partial charge < -0.3 is 9.97 Å². The average molecular weight is 324 g/mol. The molecule has 0 saturated carbocycles. The van der Waals surface area contributed by atoms with Crippen LogP contribution in [0.25, 0.3) is 0 Å². The Morgan fingerprint density at radius 1 is 1.20 bits per heavy atom. The highest BCUT2D eigenvalue weighted by atomic mass is 32.2. The summed E-state index contributed by atoms with van der Waals surface area (Å²) in [5.41, 5.74) is 2.66. The predicted molar refractivity (Wildman–Crippen MR) is 89.3 cm³/mol. The second-order valence-corrected chi connectivity index (χ2v) is 6.40. The number of hydrogen-bond donors (Lipinski definition) is 2. The summed E-state index contributed by atoms with van der Waals surface area (Å²) in [6.45, 7) is 4.46. The fourth-order valence-corrected chi connectivity index (χ4v) is 3.17. The number of nitrogens with one attached hydrogen (secondary N) is 2. The molecule has 0 amide bonds. The molecule has 0 radical (unpaired) electrons. The van der Waals surface area contributed by atoms with Gasteiger partial charge in [0.1, 0.15) is 0 Å². The zero-order valence-electron chi connectivity index (χ0n) is 11.5. The molecule has 1 heterocycles. The molecule has 1 aromatic heterocycles. The van der Waals surface area contributed by atoms with Crippen LogP contribution in [-0.4, -0.2) is 15.0 Å². The van der Waals surface area contributed by atoms with E-state index in [-0.39, 0.29) is 0 Å². The van der Waals surface area contributed by atoms with Crippen molar-refractivity contribution in [1.29, 1.82) is 0 Å². The summed E-state index contributed by atoms with van der Waals surface area (Å²) in [5.74, 6) is 1.46. The fraction of sp³-hybridized carbons (Fsp3) is 0.357. The molecule has 1 atom stereocenters. The molecule has 20 heavy (non-hydrogen) atoms. The van der Waals surface area contributed by atoms with Gasteiger partial charge in [-0.25, -0.2) is 0 Å². The summed E-state index contributed by atoms with van der Waals surface area (Å²) in [7, 11) is 0. The van der Waals surface area contributed by atoms with E-state index in [9.17, 15) is 0 Å². The smallest absolute Gasteiger partial charge is 0.201 e. The van der Waals surface area contributed by atoms with E-state index >= 15 is 0 Å². The van der Waals surface area contributed by atoms with Gasteiger partial charge in [-0.3, -0.25) is 0 Å². The first-order chi connectivity index (χ1) is 9.58. The van der Waals surface area contributed by atoms with Gasteiger partial charge in [0.15, 0.2) is 9.93 Å². The lowest BCUT2D eigenvalue weighted by atomic mass is 9.98. The minimum Gasteiger partial charge on any atom is -0.311 e. The Hall–Kier alpha value is -0.980. The number of aromatic amines is 2. The van der Waals surface area contributed by atoms with E-state index in [2.05, 4.69) is 53.1 Å². The lowest BCUT2D eigenvalue weighted by Crippen LogP contribution is -1.93. The van der Waals surface area contributed by atoms with Crippen LogP contribution in [0, 0.1) is 9.54 Å². The molecule has 0 bridgehead atoms. The normalized spacial score (nSPS) is 12.3. The van der Waals surface area contributed by atoms with Crippen LogP contribution < -0.4 is 0 Å². The minimum absolute atomic E-state index is 0.420. The molecule has 0 aliphatic rings. The second-order valence-electron chi connectivity index (χ2n) is 4.64. The summed E-state index contributed by atoms with van der Waals surface area (Å²) in [6, 6.07) is 8.76. The van der Waals surface area contributed by atoms with Gasteiger partial charge in [-0.1, -0.05) is 49.9 Å². The Morgan fingerprint density at radius 3 is 2.50 bits per heavy atom. The molecule has 2 N–H and O–H groups in total. The maximum Gasteiger partial charge on any atom is 0.201 e. The molecule has 0 saturated heterocycles. The third-order valence-corrected chi connectivity index (χ3v) is 4.52. The molecule has 0 aliphatic carbocycles. The van der Waals surface area contributed by atoms with Crippen LogP contribution in [0.1, 0.15) is 37.3 Å². The van der Waals surface area contributed by atoms with Crippen LogP contribution >= 0.6 is 36.2 Å². The molecular formula is C14H17N3S3. The highest BCUT2D eigenvalue weighted by molar-refractivity contribution is 7.98. The molecule has 2 aromatic rings. The Kier molecular flexibility index (Phi) is 5.51. The summed E-state index contributed by atoms with van der Waals surface area (Å²) in [4.78, 5) is 9.99. The monoisotopic (exact) mass is 323 g/mol. The van der Waals surface area contributed by atoms with Crippen molar-refractivity contribution < 1.29 is 0 Å². The molecule has 106 valence electrons. The second kappa shape index (κ2) is 7.15. The Morgan fingerprint density at radius 2 is 1.90 bits per heavy atom. The predicted octanol–water partition coefficient (Wildman–Crippen LogP) is 5.00. The first kappa shape index (κ1) is 15.4. The summed E-state index contributed by atoms with van der Waals surface area (Å²) in [5, 5.41) is 0.754. The zero-order chi connectivity index (χ0) is 14.5. The van der Waals surface area contributed by atoms with Gasteiger partial charge in [-0.05, 0) is 47.9 Å². The van der Waals surface area contributed by atoms with Crippen molar-refractivity contribution in [3.8, 4) is 0 Å². The van der Waals surface area contributed by atoms with E-state index in [1.165, 1.54) is 11.1 Å². The van der Waals surface area contributed by atoms with Gasteiger partial charge >= 0.3 is 0 Å². The number of thioether (sulfide) groups is 1. The lowest BCUT2D eigenvalue weighted by molar-refractivity contribution is 0.733. The first-order valence-electron chi connectivity index (χ1n) is 6.50. The fourth-order valence-electron chi connectivity index (χ4n) is 1.77. The number of benzene rings is 1. The van der Waals surface area contributed by atoms with E-state index in [0.717, 1.165) is 17.3 Å².